The maximum atomic E-state index is 14.4. The smallest absolute Gasteiger partial charge is 0.313 e. The summed E-state index contributed by atoms with van der Waals surface area (Å²) in [6, 6.07) is 7.67. The lowest BCUT2D eigenvalue weighted by molar-refractivity contribution is -0.161. The van der Waals surface area contributed by atoms with Gasteiger partial charge in [-0.05, 0) is 52.0 Å². The summed E-state index contributed by atoms with van der Waals surface area (Å²) in [4.78, 5) is 58.8. The van der Waals surface area contributed by atoms with Gasteiger partial charge >= 0.3 is 5.97 Å². The number of rotatable bonds is 7. The number of carbonyl (C=O) groups excluding carboxylic acids is 4. The normalized spacial score (nSPS) is 33.6. The maximum absolute atomic E-state index is 14.4. The molecule has 10 nitrogen and oxygen atoms in total. The van der Waals surface area contributed by atoms with E-state index < -0.39 is 47.7 Å². The van der Waals surface area contributed by atoms with Crippen LogP contribution in [0.3, 0.4) is 0 Å². The molecule has 43 heavy (non-hydrogen) atoms. The van der Waals surface area contributed by atoms with Crippen molar-refractivity contribution in [1.82, 2.24) is 15.1 Å². The summed E-state index contributed by atoms with van der Waals surface area (Å²) < 4.78 is 12.9. The molecule has 4 aliphatic heterocycles. The number of nitrogens with one attached hydrogen (secondary N) is 1. The molecule has 2 N–H and O–H groups in total. The molecule has 5 rings (SSSR count). The van der Waals surface area contributed by atoms with Gasteiger partial charge in [0.2, 0.25) is 17.7 Å². The molecule has 7 atom stereocenters. The Bertz CT molecular complexity index is 1260. The zero-order valence-corrected chi connectivity index (χ0v) is 25.2. The number of hydrogen-bond donors (Lipinski definition) is 2. The number of ether oxygens (including phenoxy) is 2. The van der Waals surface area contributed by atoms with Crippen LogP contribution in [0.15, 0.2) is 54.6 Å². The second-order valence-corrected chi connectivity index (χ2v) is 12.2. The number of benzene rings is 1. The highest BCUT2D eigenvalue weighted by molar-refractivity contribution is 5.99. The Morgan fingerprint density at radius 2 is 1.81 bits per heavy atom. The summed E-state index contributed by atoms with van der Waals surface area (Å²) >= 11 is 0. The predicted octanol–water partition coefficient (Wildman–Crippen LogP) is 2.68. The lowest BCUT2D eigenvalue weighted by Crippen LogP contribution is -2.56. The monoisotopic (exact) mass is 593 g/mol. The first-order valence-electron chi connectivity index (χ1n) is 15.5. The van der Waals surface area contributed by atoms with Gasteiger partial charge in [-0.25, -0.2) is 0 Å². The molecular weight excluding hydrogens is 550 g/mol. The summed E-state index contributed by atoms with van der Waals surface area (Å²) in [7, 11) is 0. The molecule has 0 radical (unpaired) electrons. The molecule has 2 saturated heterocycles. The van der Waals surface area contributed by atoms with Crippen molar-refractivity contribution in [2.24, 2.45) is 11.8 Å². The van der Waals surface area contributed by atoms with Crippen LogP contribution in [0.5, 0.6) is 0 Å². The molecule has 1 aromatic carbocycles. The quantitative estimate of drug-likeness (QED) is 0.283. The highest BCUT2D eigenvalue weighted by atomic mass is 16.6. The highest BCUT2D eigenvalue weighted by Gasteiger charge is 2.71. The van der Waals surface area contributed by atoms with Gasteiger partial charge in [-0.3, -0.25) is 19.2 Å². The van der Waals surface area contributed by atoms with E-state index in [0.29, 0.717) is 38.8 Å². The molecule has 0 aromatic heterocycles. The van der Waals surface area contributed by atoms with E-state index in [-0.39, 0.29) is 36.8 Å². The second-order valence-electron chi connectivity index (χ2n) is 12.2. The zero-order chi connectivity index (χ0) is 30.7. The third-order valence-electron chi connectivity index (χ3n) is 9.06. The van der Waals surface area contributed by atoms with Gasteiger partial charge in [0.15, 0.2) is 0 Å². The van der Waals surface area contributed by atoms with Crippen LogP contribution in [-0.2, 0) is 28.7 Å². The SMILES string of the molecule is CC(C)N1CC=C[C@]23O[C@@H]4/C=C\CCC(=O)N[C@H](C)[C@@H](c5ccccc5)OC(=O)[C@@H]4[C@H]2C(=O)N(CCCCCO)[C@@H]3C1=O. The molecule has 0 saturated carbocycles. The molecule has 1 aromatic rings. The van der Waals surface area contributed by atoms with Crippen molar-refractivity contribution in [3.8, 4) is 0 Å². The topological polar surface area (TPSA) is 125 Å². The number of fused-ring (bicyclic) bond motifs is 2. The predicted molar refractivity (Wildman–Crippen MR) is 158 cm³/mol. The molecule has 2 fully saturated rings. The Hall–Kier alpha value is -3.50. The third kappa shape index (κ3) is 5.87. The van der Waals surface area contributed by atoms with Gasteiger partial charge in [-0.1, -0.05) is 54.6 Å². The van der Waals surface area contributed by atoms with E-state index in [0.717, 1.165) is 5.56 Å². The number of likely N-dealkylation sites (tertiary alicyclic amines) is 1. The largest absolute Gasteiger partial charge is 0.455 e. The van der Waals surface area contributed by atoms with Crippen molar-refractivity contribution >= 4 is 23.7 Å². The van der Waals surface area contributed by atoms with Gasteiger partial charge in [-0.2, -0.15) is 0 Å². The number of allylic oxidation sites excluding steroid dienone is 1. The number of cyclic esters (lactones) is 1. The molecule has 0 unspecified atom stereocenters. The first kappa shape index (κ1) is 30.9. The van der Waals surface area contributed by atoms with Gasteiger partial charge < -0.3 is 29.7 Å². The van der Waals surface area contributed by atoms with Crippen LogP contribution < -0.4 is 5.32 Å². The van der Waals surface area contributed by atoms with E-state index in [9.17, 15) is 24.3 Å². The first-order chi connectivity index (χ1) is 20.7. The van der Waals surface area contributed by atoms with Crippen LogP contribution in [0.25, 0.3) is 0 Å². The van der Waals surface area contributed by atoms with Gasteiger partial charge in [0, 0.05) is 32.2 Å². The van der Waals surface area contributed by atoms with E-state index in [2.05, 4.69) is 5.32 Å². The van der Waals surface area contributed by atoms with Crippen LogP contribution in [0.1, 0.15) is 64.5 Å². The van der Waals surface area contributed by atoms with Gasteiger partial charge in [0.25, 0.3) is 0 Å². The fraction of sp³-hybridized carbons (Fsp3) is 0.576. The second kappa shape index (κ2) is 13.0. The van der Waals surface area contributed by atoms with Crippen molar-refractivity contribution in [2.75, 3.05) is 19.7 Å². The third-order valence-corrected chi connectivity index (χ3v) is 9.06. The molecule has 0 aliphatic carbocycles. The summed E-state index contributed by atoms with van der Waals surface area (Å²) in [6.07, 6.45) is 8.20. The zero-order valence-electron chi connectivity index (χ0n) is 25.2. The fourth-order valence-electron chi connectivity index (χ4n) is 7.00. The average molecular weight is 594 g/mol. The summed E-state index contributed by atoms with van der Waals surface area (Å²) in [5.74, 6) is -3.24. The van der Waals surface area contributed by atoms with Crippen LogP contribution in [0.2, 0.25) is 0 Å². The van der Waals surface area contributed by atoms with E-state index in [1.54, 1.807) is 28.9 Å². The fourth-order valence-corrected chi connectivity index (χ4v) is 7.00. The van der Waals surface area contributed by atoms with E-state index in [4.69, 9.17) is 9.47 Å². The summed E-state index contributed by atoms with van der Waals surface area (Å²) in [5, 5.41) is 12.2. The molecule has 0 bridgehead atoms. The highest BCUT2D eigenvalue weighted by Crippen LogP contribution is 2.53. The molecule has 1 spiro atoms. The Morgan fingerprint density at radius 1 is 1.05 bits per heavy atom. The number of esters is 1. The first-order valence-corrected chi connectivity index (χ1v) is 15.5. The molecular formula is C33H43N3O7. The Kier molecular flexibility index (Phi) is 9.36. The van der Waals surface area contributed by atoms with Crippen molar-refractivity contribution < 1.29 is 33.8 Å². The minimum Gasteiger partial charge on any atom is -0.455 e. The van der Waals surface area contributed by atoms with E-state index in [1.807, 2.05) is 56.3 Å². The molecule has 4 heterocycles. The van der Waals surface area contributed by atoms with Crippen molar-refractivity contribution in [3.05, 3.63) is 60.2 Å². The minimum absolute atomic E-state index is 0.0548. The van der Waals surface area contributed by atoms with Crippen molar-refractivity contribution in [3.63, 3.8) is 0 Å². The lowest BCUT2D eigenvalue weighted by Gasteiger charge is -2.36. The number of unbranched alkanes of at least 4 members (excludes halogenated alkanes) is 2. The van der Waals surface area contributed by atoms with Crippen LogP contribution in [-0.4, -0.2) is 88.1 Å². The van der Waals surface area contributed by atoms with Crippen LogP contribution in [0.4, 0.5) is 0 Å². The summed E-state index contributed by atoms with van der Waals surface area (Å²) in [6.45, 7) is 6.41. The lowest BCUT2D eigenvalue weighted by atomic mass is 9.77. The number of amides is 3. The van der Waals surface area contributed by atoms with E-state index in [1.165, 1.54) is 0 Å². The number of aliphatic hydroxyl groups is 1. The Morgan fingerprint density at radius 3 is 2.53 bits per heavy atom. The average Bonchev–Trinajstić information content (AvgIpc) is 3.36. The van der Waals surface area contributed by atoms with Crippen molar-refractivity contribution in [1.29, 1.82) is 0 Å². The molecule has 3 amide bonds. The number of nitrogens with zero attached hydrogens (tertiary/aromatic N) is 2. The van der Waals surface area contributed by atoms with Gasteiger partial charge in [0.1, 0.15) is 23.7 Å². The number of aliphatic hydroxyl groups excluding tert-OH is 1. The van der Waals surface area contributed by atoms with Crippen LogP contribution in [0, 0.1) is 11.8 Å². The molecule has 10 heteroatoms. The van der Waals surface area contributed by atoms with Crippen LogP contribution >= 0.6 is 0 Å². The minimum atomic E-state index is -1.35. The molecule has 232 valence electrons. The molecule has 4 aliphatic rings. The number of carbonyl (C=O) groups is 4. The summed E-state index contributed by atoms with van der Waals surface area (Å²) in [5.41, 5.74) is -0.630. The van der Waals surface area contributed by atoms with E-state index >= 15 is 0 Å². The van der Waals surface area contributed by atoms with Crippen molar-refractivity contribution in [2.45, 2.75) is 88.8 Å². The maximum Gasteiger partial charge on any atom is 0.313 e. The van der Waals surface area contributed by atoms with Gasteiger partial charge in [-0.15, -0.1) is 0 Å². The van der Waals surface area contributed by atoms with Gasteiger partial charge in [0.05, 0.1) is 18.1 Å². The standard InChI is InChI=1S/C33H43N3O7/c1-21(2)35-19-12-17-33-27(30(39)36(29(33)31(35)40)18-10-5-11-20-37)26-24(43-33)15-8-9-16-25(38)34-22(3)28(42-32(26)41)23-13-6-4-7-14-23/h4,6-8,12-15,17,21-22,24,26-29,37H,5,9-11,16,18-20H2,1-3H3,(H,34,38)/b15-8-/t22-,24-,26+,27+,28+,29-,33+/m1/s1. The Labute approximate surface area is 253 Å². The number of hydrogen-bond acceptors (Lipinski definition) is 7. The Balaban J connectivity index is 1.57.